The van der Waals surface area contributed by atoms with Crippen LogP contribution in [0.4, 0.5) is 0 Å². The number of carbonyl (C=O) groups excluding carboxylic acids is 1. The minimum absolute atomic E-state index is 0.0550. The van der Waals surface area contributed by atoms with Crippen LogP contribution in [0.1, 0.15) is 57.6 Å². The highest BCUT2D eigenvalue weighted by Crippen LogP contribution is 2.64. The molecule has 1 amide bonds. The summed E-state index contributed by atoms with van der Waals surface area (Å²) in [6.45, 7) is 4.15. The molecular weight excluding hydrogens is 374 g/mol. The smallest absolute Gasteiger partial charge is 0.309 e. The van der Waals surface area contributed by atoms with Gasteiger partial charge in [-0.15, -0.1) is 0 Å². The summed E-state index contributed by atoms with van der Waals surface area (Å²) >= 11 is 0. The molecule has 30 heavy (non-hydrogen) atoms. The van der Waals surface area contributed by atoms with Crippen LogP contribution in [0.15, 0.2) is 42.5 Å². The zero-order valence-electron chi connectivity index (χ0n) is 17.7. The molecule has 0 radical (unpaired) electrons. The molecule has 1 aliphatic heterocycles. The second-order valence-electron chi connectivity index (χ2n) is 11.0. The van der Waals surface area contributed by atoms with Crippen molar-refractivity contribution < 1.29 is 14.7 Å². The first-order valence-electron chi connectivity index (χ1n) is 11.4. The number of benzene rings is 2. The van der Waals surface area contributed by atoms with Crippen LogP contribution in [-0.2, 0) is 9.59 Å². The normalized spacial score (nSPS) is 38.7. The van der Waals surface area contributed by atoms with Gasteiger partial charge in [-0.25, -0.2) is 0 Å². The number of hydrogen-bond donors (Lipinski definition) is 1. The highest BCUT2D eigenvalue weighted by atomic mass is 16.4. The number of carboxylic acids is 1. The third kappa shape index (κ3) is 2.23. The highest BCUT2D eigenvalue weighted by molar-refractivity contribution is 5.94. The molecule has 5 aliphatic rings. The zero-order valence-corrected chi connectivity index (χ0v) is 17.7. The van der Waals surface area contributed by atoms with E-state index in [1.54, 1.807) is 0 Å². The number of hydrogen-bond acceptors (Lipinski definition) is 2. The topological polar surface area (TPSA) is 57.6 Å². The van der Waals surface area contributed by atoms with Crippen molar-refractivity contribution in [2.45, 2.75) is 58.0 Å². The molecule has 1 N–H and O–H groups in total. The molecule has 4 nitrogen and oxygen atoms in total. The molecule has 1 heterocycles. The number of aliphatic carboxylic acids is 1. The molecule has 0 spiro atoms. The van der Waals surface area contributed by atoms with E-state index < -0.39 is 16.8 Å². The highest BCUT2D eigenvalue weighted by Gasteiger charge is 2.65. The Morgan fingerprint density at radius 1 is 1.00 bits per heavy atom. The number of fused-ring (bicyclic) bond motifs is 1. The van der Waals surface area contributed by atoms with Gasteiger partial charge in [0, 0.05) is 6.04 Å². The van der Waals surface area contributed by atoms with E-state index in [1.807, 2.05) is 0 Å². The molecule has 6 atom stereocenters. The van der Waals surface area contributed by atoms with Gasteiger partial charge in [-0.05, 0) is 80.0 Å². The summed E-state index contributed by atoms with van der Waals surface area (Å²) in [5, 5.41) is 12.4. The molecule has 3 unspecified atom stereocenters. The molecule has 1 saturated heterocycles. The standard InChI is InChI=1S/C26H29NO3/c1-25(2)22(20-9-5-7-16-6-3-4-8-19(16)20)27(23(25)28)21-17-10-15-11-18(21)14-26(12-15,13-17)24(29)30/h3-9,15,17-18,21-22H,10-14H2,1-2H3,(H,29,30)/t15?,17-,18?,21-,22?,26-/m0/s1. The lowest BCUT2D eigenvalue weighted by Gasteiger charge is -2.66. The van der Waals surface area contributed by atoms with Crippen LogP contribution < -0.4 is 0 Å². The summed E-state index contributed by atoms with van der Waals surface area (Å²) in [6, 6.07) is 15.1. The van der Waals surface area contributed by atoms with E-state index in [1.165, 1.54) is 16.3 Å². The van der Waals surface area contributed by atoms with Crippen LogP contribution in [0.25, 0.3) is 10.8 Å². The van der Waals surface area contributed by atoms with Crippen LogP contribution in [0.3, 0.4) is 0 Å². The van der Waals surface area contributed by atoms with Gasteiger partial charge in [-0.2, -0.15) is 0 Å². The predicted molar refractivity (Wildman–Crippen MR) is 115 cm³/mol. The summed E-state index contributed by atoms with van der Waals surface area (Å²) < 4.78 is 0. The maximum Gasteiger partial charge on any atom is 0.309 e. The monoisotopic (exact) mass is 403 g/mol. The number of nitrogens with zero attached hydrogens (tertiary/aromatic N) is 1. The summed E-state index contributed by atoms with van der Waals surface area (Å²) in [4.78, 5) is 27.8. The van der Waals surface area contributed by atoms with Gasteiger partial charge in [0.15, 0.2) is 0 Å². The van der Waals surface area contributed by atoms with Gasteiger partial charge in [0.2, 0.25) is 5.91 Å². The molecule has 2 aromatic carbocycles. The molecular formula is C26H29NO3. The molecule has 5 fully saturated rings. The summed E-state index contributed by atoms with van der Waals surface area (Å²) in [6.07, 6.45) is 4.50. The first-order chi connectivity index (χ1) is 14.3. The van der Waals surface area contributed by atoms with Crippen molar-refractivity contribution in [3.05, 3.63) is 48.0 Å². The van der Waals surface area contributed by atoms with E-state index in [0.29, 0.717) is 17.8 Å². The number of carboxylic acid groups (broad SMARTS) is 1. The summed E-state index contributed by atoms with van der Waals surface area (Å²) in [7, 11) is 0. The van der Waals surface area contributed by atoms with Gasteiger partial charge in [0.1, 0.15) is 0 Å². The van der Waals surface area contributed by atoms with Gasteiger partial charge in [0.25, 0.3) is 0 Å². The fourth-order valence-corrected chi connectivity index (χ4v) is 7.90. The maximum absolute atomic E-state index is 13.4. The number of rotatable bonds is 3. The van der Waals surface area contributed by atoms with Gasteiger partial charge in [-0.3, -0.25) is 9.59 Å². The van der Waals surface area contributed by atoms with Crippen molar-refractivity contribution in [3.8, 4) is 0 Å². The van der Waals surface area contributed by atoms with E-state index in [9.17, 15) is 14.7 Å². The van der Waals surface area contributed by atoms with Gasteiger partial charge < -0.3 is 10.0 Å². The second-order valence-corrected chi connectivity index (χ2v) is 11.0. The van der Waals surface area contributed by atoms with Crippen molar-refractivity contribution in [2.75, 3.05) is 0 Å². The average Bonchev–Trinajstić information content (AvgIpc) is 2.71. The van der Waals surface area contributed by atoms with Crippen LogP contribution in [-0.4, -0.2) is 27.9 Å². The fourth-order valence-electron chi connectivity index (χ4n) is 7.90. The average molecular weight is 404 g/mol. The fraction of sp³-hybridized carbons (Fsp3) is 0.538. The van der Waals surface area contributed by atoms with Crippen molar-refractivity contribution in [1.82, 2.24) is 4.90 Å². The lowest BCUT2D eigenvalue weighted by atomic mass is 9.47. The Bertz CT molecular complexity index is 1050. The molecule has 4 aliphatic carbocycles. The molecule has 7 rings (SSSR count). The molecule has 0 aromatic heterocycles. The number of amides is 1. The first-order valence-corrected chi connectivity index (χ1v) is 11.4. The van der Waals surface area contributed by atoms with E-state index >= 15 is 0 Å². The predicted octanol–water partition coefficient (Wildman–Crippen LogP) is 5.03. The van der Waals surface area contributed by atoms with Crippen molar-refractivity contribution in [1.29, 1.82) is 0 Å². The molecule has 2 aromatic rings. The van der Waals surface area contributed by atoms with E-state index in [4.69, 9.17) is 0 Å². The minimum atomic E-state index is -0.610. The number of β-lactam (4-membered cyclic amide) rings is 1. The minimum Gasteiger partial charge on any atom is -0.481 e. The summed E-state index contributed by atoms with van der Waals surface area (Å²) in [5.41, 5.74) is 0.272. The van der Waals surface area contributed by atoms with E-state index in [0.717, 1.165) is 32.1 Å². The summed E-state index contributed by atoms with van der Waals surface area (Å²) in [5.74, 6) is 0.800. The molecule has 4 heteroatoms. The number of carbonyl (C=O) groups is 2. The quantitative estimate of drug-likeness (QED) is 0.732. The van der Waals surface area contributed by atoms with Crippen LogP contribution in [0.2, 0.25) is 0 Å². The zero-order chi connectivity index (χ0) is 20.8. The van der Waals surface area contributed by atoms with Crippen LogP contribution in [0, 0.1) is 28.6 Å². The van der Waals surface area contributed by atoms with Crippen molar-refractivity contribution in [2.24, 2.45) is 28.6 Å². The lowest BCUT2D eigenvalue weighted by molar-refractivity contribution is -0.202. The Balaban J connectivity index is 1.42. The molecule has 156 valence electrons. The Morgan fingerprint density at radius 3 is 2.37 bits per heavy atom. The third-order valence-electron chi connectivity index (χ3n) is 8.86. The lowest BCUT2D eigenvalue weighted by Crippen LogP contribution is -2.70. The molecule has 4 saturated carbocycles. The van der Waals surface area contributed by atoms with Gasteiger partial charge in [-0.1, -0.05) is 42.5 Å². The Hall–Kier alpha value is -2.36. The maximum atomic E-state index is 13.4. The second kappa shape index (κ2) is 5.87. The number of likely N-dealkylation sites (tertiary alicyclic amines) is 1. The Labute approximate surface area is 177 Å². The van der Waals surface area contributed by atoms with Crippen LogP contribution >= 0.6 is 0 Å². The molecule has 4 bridgehead atoms. The van der Waals surface area contributed by atoms with Crippen LogP contribution in [0.5, 0.6) is 0 Å². The van der Waals surface area contributed by atoms with E-state index in [2.05, 4.69) is 61.2 Å². The van der Waals surface area contributed by atoms with Gasteiger partial charge >= 0.3 is 5.97 Å². The van der Waals surface area contributed by atoms with E-state index in [-0.39, 0.29) is 18.0 Å². The Kier molecular flexibility index (Phi) is 3.60. The third-order valence-corrected chi connectivity index (χ3v) is 8.86. The SMILES string of the molecule is CC1(C)C(=O)N([C@@H]2C3CC4C[C@H]2C[C@@](C(=O)O)(C4)C3)C1c1cccc2ccccc12. The van der Waals surface area contributed by atoms with Crippen molar-refractivity contribution >= 4 is 22.6 Å². The first kappa shape index (κ1) is 18.4. The largest absolute Gasteiger partial charge is 0.481 e. The Morgan fingerprint density at radius 2 is 1.67 bits per heavy atom. The van der Waals surface area contributed by atoms with Gasteiger partial charge in [0.05, 0.1) is 16.9 Å². The van der Waals surface area contributed by atoms with Crippen molar-refractivity contribution in [3.63, 3.8) is 0 Å².